The molecular weight excluding hydrogens is 588 g/mol. The van der Waals surface area contributed by atoms with Gasteiger partial charge in [0.25, 0.3) is 0 Å². The third kappa shape index (κ3) is 7.10. The minimum Gasteiger partial charge on any atom is -0.456 e. The number of fused-ring (bicyclic) bond motifs is 2. The monoisotopic (exact) mass is 634 g/mol. The van der Waals surface area contributed by atoms with Crippen molar-refractivity contribution in [2.45, 2.75) is 51.2 Å². The van der Waals surface area contributed by atoms with E-state index >= 15 is 0 Å². The largest absolute Gasteiger partial charge is 0.456 e. The average molecular weight is 635 g/mol. The van der Waals surface area contributed by atoms with Crippen molar-refractivity contribution in [1.82, 2.24) is 0 Å². The van der Waals surface area contributed by atoms with Gasteiger partial charge in [0.05, 0.1) is 26.4 Å². The number of nitrogens with zero attached hydrogens (tertiary/aromatic N) is 4. The Morgan fingerprint density at radius 2 is 1.07 bits per heavy atom. The zero-order valence-corrected chi connectivity index (χ0v) is 26.8. The lowest BCUT2D eigenvalue weighted by Gasteiger charge is -2.33. The predicted octanol–water partition coefficient (Wildman–Crippen LogP) is 1.77. The van der Waals surface area contributed by atoms with Crippen molar-refractivity contribution in [3.8, 4) is 0 Å². The fourth-order valence-electron chi connectivity index (χ4n) is 6.67. The molecule has 4 atom stereocenters. The summed E-state index contributed by atoms with van der Waals surface area (Å²) in [6.45, 7) is 11.2. The van der Waals surface area contributed by atoms with E-state index < -0.39 is 36.5 Å². The van der Waals surface area contributed by atoms with Crippen LogP contribution in [0.25, 0.3) is 0 Å². The van der Waals surface area contributed by atoms with Gasteiger partial charge in [-0.05, 0) is 62.1 Å². The third-order valence-corrected chi connectivity index (χ3v) is 9.39. The van der Waals surface area contributed by atoms with Gasteiger partial charge in [0.1, 0.15) is 24.5 Å². The van der Waals surface area contributed by atoms with E-state index in [0.29, 0.717) is 26.4 Å². The second-order valence-corrected chi connectivity index (χ2v) is 12.3. The summed E-state index contributed by atoms with van der Waals surface area (Å²) in [6, 6.07) is 12.9. The van der Waals surface area contributed by atoms with Crippen LogP contribution in [0, 0.1) is 0 Å². The summed E-state index contributed by atoms with van der Waals surface area (Å²) in [7, 11) is 0. The fraction of sp³-hybridized carbons (Fsp3) is 0.529. The van der Waals surface area contributed by atoms with Crippen molar-refractivity contribution in [3.63, 3.8) is 0 Å². The van der Waals surface area contributed by atoms with Gasteiger partial charge >= 0.3 is 11.9 Å². The molecule has 2 aromatic rings. The van der Waals surface area contributed by atoms with E-state index in [1.807, 2.05) is 0 Å². The highest BCUT2D eigenvalue weighted by Gasteiger charge is 2.31. The number of hydrogen-bond acceptors (Lipinski definition) is 12. The van der Waals surface area contributed by atoms with Crippen LogP contribution in [0.5, 0.6) is 0 Å². The Morgan fingerprint density at radius 1 is 0.674 bits per heavy atom. The second kappa shape index (κ2) is 14.3. The van der Waals surface area contributed by atoms with Gasteiger partial charge in [-0.3, -0.25) is 0 Å². The first-order valence-corrected chi connectivity index (χ1v) is 16.3. The van der Waals surface area contributed by atoms with Crippen molar-refractivity contribution in [1.29, 1.82) is 0 Å². The van der Waals surface area contributed by atoms with E-state index in [-0.39, 0.29) is 0 Å². The van der Waals surface area contributed by atoms with Crippen LogP contribution in [0.15, 0.2) is 48.6 Å². The van der Waals surface area contributed by atoms with Crippen LogP contribution in [-0.2, 0) is 41.4 Å². The topological polar surface area (TPSA) is 136 Å². The number of carbonyl (C=O) groups is 2. The van der Waals surface area contributed by atoms with Gasteiger partial charge in [-0.25, -0.2) is 9.59 Å². The second-order valence-electron chi connectivity index (χ2n) is 12.3. The molecule has 248 valence electrons. The van der Waals surface area contributed by atoms with Gasteiger partial charge in [-0.15, -0.1) is 0 Å². The molecule has 0 bridgehead atoms. The maximum atomic E-state index is 12.7. The van der Waals surface area contributed by atoms with Gasteiger partial charge in [-0.2, -0.15) is 0 Å². The molecular formula is C34H46N6O6. The van der Waals surface area contributed by atoms with Crippen LogP contribution in [-0.4, -0.2) is 102 Å². The molecule has 4 aliphatic rings. The molecule has 2 fully saturated rings. The summed E-state index contributed by atoms with van der Waals surface area (Å²) in [4.78, 5) is 34.1. The van der Waals surface area contributed by atoms with E-state index in [1.165, 1.54) is 11.1 Å². The Morgan fingerprint density at radius 3 is 1.46 bits per heavy atom. The smallest absolute Gasteiger partial charge is 0.331 e. The molecule has 4 heterocycles. The average Bonchev–Trinajstić information content (AvgIpc) is 3.71. The lowest BCUT2D eigenvalue weighted by Crippen LogP contribution is -2.50. The van der Waals surface area contributed by atoms with Gasteiger partial charge in [0.2, 0.25) is 0 Å². The highest BCUT2D eigenvalue weighted by molar-refractivity contribution is 5.91. The van der Waals surface area contributed by atoms with Gasteiger partial charge < -0.3 is 50.0 Å². The Kier molecular flexibility index (Phi) is 9.98. The lowest BCUT2D eigenvalue weighted by molar-refractivity contribution is -0.146. The van der Waals surface area contributed by atoms with E-state index in [4.69, 9.17) is 30.4 Å². The number of rotatable bonds is 10. The molecule has 4 N–H and O–H groups in total. The zero-order valence-electron chi connectivity index (χ0n) is 26.8. The molecule has 12 nitrogen and oxygen atoms in total. The standard InChI is InChI=1S/C34H46N6O6/c1-23(33(35)39-11-9-25-3-5-27(21-29(25)39)37-13-17-43-18-14-37)45-31(41)7-8-32(42)46-24(2)34(36)40-12-10-26-4-6-28(22-30(26)40)38-15-19-44-20-16-38/h3-8,21-24,33-34H,9-20,35-36H2,1-2H3/b8-7+/t23?,24?,33-,34-/m0/s1. The fourth-order valence-corrected chi connectivity index (χ4v) is 6.67. The summed E-state index contributed by atoms with van der Waals surface area (Å²) in [6.07, 6.45) is 1.59. The number of anilines is 4. The molecule has 0 saturated carbocycles. The minimum atomic E-state index is -0.664. The van der Waals surface area contributed by atoms with E-state index in [9.17, 15) is 9.59 Å². The predicted molar refractivity (Wildman–Crippen MR) is 177 cm³/mol. The molecule has 0 radical (unpaired) electrons. The number of carbonyl (C=O) groups excluding carboxylic acids is 2. The highest BCUT2D eigenvalue weighted by Crippen LogP contribution is 2.35. The molecule has 0 spiro atoms. The van der Waals surface area contributed by atoms with Crippen LogP contribution < -0.4 is 31.1 Å². The number of ether oxygens (including phenoxy) is 4. The quantitative estimate of drug-likeness (QED) is 0.291. The van der Waals surface area contributed by atoms with Gasteiger partial charge in [-0.1, -0.05) is 12.1 Å². The van der Waals surface area contributed by atoms with Crippen LogP contribution in [0.3, 0.4) is 0 Å². The first-order chi connectivity index (χ1) is 22.3. The van der Waals surface area contributed by atoms with Crippen molar-refractivity contribution in [2.75, 3.05) is 85.3 Å². The molecule has 4 aliphatic heterocycles. The van der Waals surface area contributed by atoms with E-state index in [0.717, 1.165) is 87.0 Å². The maximum Gasteiger partial charge on any atom is 0.331 e. The first-order valence-electron chi connectivity index (χ1n) is 16.3. The van der Waals surface area contributed by atoms with Crippen LogP contribution in [0.1, 0.15) is 25.0 Å². The van der Waals surface area contributed by atoms with Crippen molar-refractivity contribution < 1.29 is 28.5 Å². The Hall–Kier alpha value is -3.84. The molecule has 12 heteroatoms. The number of nitrogens with two attached hydrogens (primary N) is 2. The lowest BCUT2D eigenvalue weighted by atomic mass is 10.1. The van der Waals surface area contributed by atoms with E-state index in [2.05, 4.69) is 56.0 Å². The first kappa shape index (κ1) is 32.1. The molecule has 2 saturated heterocycles. The summed E-state index contributed by atoms with van der Waals surface area (Å²) < 4.78 is 22.2. The summed E-state index contributed by atoms with van der Waals surface area (Å²) in [5, 5.41) is 0. The molecule has 46 heavy (non-hydrogen) atoms. The van der Waals surface area contributed by atoms with Crippen molar-refractivity contribution in [3.05, 3.63) is 59.7 Å². The molecule has 0 aliphatic carbocycles. The highest BCUT2D eigenvalue weighted by atomic mass is 16.6. The SMILES string of the molecule is CC(OC(=O)/C=C/C(=O)OC(C)[C@@H](N)N1CCc2ccc(N3CCOCC3)cc21)[C@@H](N)N1CCc2ccc(N3CCOCC3)cc21. The zero-order chi connectivity index (χ0) is 32.2. The third-order valence-electron chi connectivity index (χ3n) is 9.39. The molecule has 2 aromatic carbocycles. The van der Waals surface area contributed by atoms with Gasteiger partial charge in [0.15, 0.2) is 0 Å². The van der Waals surface area contributed by atoms with Crippen molar-refractivity contribution >= 4 is 34.7 Å². The molecule has 0 amide bonds. The number of hydrogen-bond donors (Lipinski definition) is 2. The normalized spacial score (nSPS) is 20.7. The van der Waals surface area contributed by atoms with Crippen LogP contribution in [0.2, 0.25) is 0 Å². The Labute approximate surface area is 270 Å². The van der Waals surface area contributed by atoms with Crippen LogP contribution >= 0.6 is 0 Å². The van der Waals surface area contributed by atoms with Gasteiger partial charge in [0, 0.05) is 74.2 Å². The summed E-state index contributed by atoms with van der Waals surface area (Å²) in [5.41, 5.74) is 20.0. The molecule has 6 rings (SSSR count). The summed E-state index contributed by atoms with van der Waals surface area (Å²) >= 11 is 0. The Bertz CT molecular complexity index is 1320. The van der Waals surface area contributed by atoms with Crippen molar-refractivity contribution in [2.24, 2.45) is 11.5 Å². The summed E-state index contributed by atoms with van der Waals surface area (Å²) in [5.74, 6) is -1.33. The van der Waals surface area contributed by atoms with Crippen LogP contribution in [0.4, 0.5) is 22.7 Å². The number of benzene rings is 2. The Balaban J connectivity index is 1.00. The number of morpholine rings is 2. The van der Waals surface area contributed by atoms with E-state index in [1.54, 1.807) is 13.8 Å². The molecule has 0 aromatic heterocycles. The number of esters is 2. The maximum absolute atomic E-state index is 12.7. The minimum absolute atomic E-state index is 0.546. The molecule has 2 unspecified atom stereocenters.